The Hall–Kier alpha value is -1.36. The van der Waals surface area contributed by atoms with Gasteiger partial charge in [-0.2, -0.15) is 11.8 Å². The number of hydrogen-bond acceptors (Lipinski definition) is 4. The normalized spacial score (nSPS) is 22.4. The first-order valence-electron chi connectivity index (χ1n) is 5.79. The van der Waals surface area contributed by atoms with Crippen molar-refractivity contribution in [1.29, 1.82) is 0 Å². The van der Waals surface area contributed by atoms with E-state index in [2.05, 4.69) is 10.6 Å². The molecule has 0 radical (unpaired) electrons. The maximum Gasteiger partial charge on any atom is 0.228 e. The van der Waals surface area contributed by atoms with E-state index in [4.69, 9.17) is 5.73 Å². The number of benzene rings is 1. The summed E-state index contributed by atoms with van der Waals surface area (Å²) in [6.07, 6.45) is 1.62. The topological polar surface area (TPSA) is 67.2 Å². The summed E-state index contributed by atoms with van der Waals surface area (Å²) < 4.78 is 0. The Kier molecular flexibility index (Phi) is 2.63. The van der Waals surface area contributed by atoms with Crippen molar-refractivity contribution in [3.63, 3.8) is 0 Å². The summed E-state index contributed by atoms with van der Waals surface area (Å²) >= 11 is 1.96. The van der Waals surface area contributed by atoms with Crippen LogP contribution in [0.3, 0.4) is 0 Å². The average molecular weight is 249 g/mol. The first kappa shape index (κ1) is 10.8. The highest BCUT2D eigenvalue weighted by Gasteiger charge is 2.21. The molecule has 4 nitrogen and oxygen atoms in total. The molecule has 2 aliphatic rings. The van der Waals surface area contributed by atoms with Gasteiger partial charge in [-0.25, -0.2) is 0 Å². The lowest BCUT2D eigenvalue weighted by Gasteiger charge is -2.16. The molecular formula is C12H15N3OS. The number of fused-ring (bicyclic) bond motifs is 1. The van der Waals surface area contributed by atoms with Gasteiger partial charge in [-0.15, -0.1) is 0 Å². The molecule has 0 aromatic heterocycles. The first-order chi connectivity index (χ1) is 8.22. The lowest BCUT2D eigenvalue weighted by Crippen LogP contribution is -2.19. The monoisotopic (exact) mass is 249 g/mol. The summed E-state index contributed by atoms with van der Waals surface area (Å²) in [5.41, 5.74) is 9.58. The molecule has 0 aliphatic carbocycles. The molecule has 1 aromatic carbocycles. The van der Waals surface area contributed by atoms with E-state index < -0.39 is 0 Å². The van der Waals surface area contributed by atoms with Gasteiger partial charge in [0.1, 0.15) is 0 Å². The minimum absolute atomic E-state index is 0.0490. The van der Waals surface area contributed by atoms with Gasteiger partial charge in [-0.3, -0.25) is 4.79 Å². The minimum atomic E-state index is 0.0490. The van der Waals surface area contributed by atoms with Crippen LogP contribution in [0.1, 0.15) is 12.0 Å². The lowest BCUT2D eigenvalue weighted by molar-refractivity contribution is -0.115. The Bertz CT molecular complexity index is 469. The number of rotatable bonds is 2. The summed E-state index contributed by atoms with van der Waals surface area (Å²) in [6.45, 7) is 0. The fourth-order valence-corrected chi connectivity index (χ4v) is 3.44. The molecule has 3 rings (SSSR count). The number of carbonyl (C=O) groups excluding carboxylic acids is 1. The van der Waals surface area contributed by atoms with E-state index in [9.17, 15) is 4.79 Å². The largest absolute Gasteiger partial charge is 0.397 e. The molecule has 0 bridgehead atoms. The summed E-state index contributed by atoms with van der Waals surface area (Å²) in [5.74, 6) is 2.38. The van der Waals surface area contributed by atoms with E-state index in [1.165, 1.54) is 12.2 Å². The number of thioether (sulfide) groups is 1. The van der Waals surface area contributed by atoms with Crippen molar-refractivity contribution in [2.75, 3.05) is 27.9 Å². The number of carbonyl (C=O) groups is 1. The van der Waals surface area contributed by atoms with E-state index in [0.29, 0.717) is 12.5 Å². The van der Waals surface area contributed by atoms with Gasteiger partial charge in [0.05, 0.1) is 17.8 Å². The maximum atomic E-state index is 11.3. The lowest BCUT2D eigenvalue weighted by atomic mass is 10.1. The standard InChI is InChI=1S/C12H15N3OS/c13-9-3-7-4-12(16)15-10(7)5-11(9)14-8-1-2-17-6-8/h3,5,8,14H,1-2,4,6,13H2,(H,15,16). The third kappa shape index (κ3) is 2.07. The van der Waals surface area contributed by atoms with Crippen molar-refractivity contribution in [1.82, 2.24) is 0 Å². The molecule has 90 valence electrons. The number of anilines is 3. The number of hydrogen-bond donors (Lipinski definition) is 3. The van der Waals surface area contributed by atoms with Crippen LogP contribution in [0.5, 0.6) is 0 Å². The number of nitrogens with one attached hydrogen (secondary N) is 2. The summed E-state index contributed by atoms with van der Waals surface area (Å²) in [7, 11) is 0. The van der Waals surface area contributed by atoms with Crippen LogP contribution >= 0.6 is 11.8 Å². The van der Waals surface area contributed by atoms with Crippen LogP contribution in [0.15, 0.2) is 12.1 Å². The van der Waals surface area contributed by atoms with Crippen LogP contribution in [-0.2, 0) is 11.2 Å². The molecule has 1 fully saturated rings. The second-order valence-corrected chi connectivity index (χ2v) is 5.68. The quantitative estimate of drug-likeness (QED) is 0.698. The smallest absolute Gasteiger partial charge is 0.228 e. The Morgan fingerprint density at radius 1 is 1.47 bits per heavy atom. The Balaban J connectivity index is 1.85. The van der Waals surface area contributed by atoms with E-state index in [1.807, 2.05) is 23.9 Å². The van der Waals surface area contributed by atoms with Crippen molar-refractivity contribution in [3.05, 3.63) is 17.7 Å². The fourth-order valence-electron chi connectivity index (χ4n) is 2.29. The van der Waals surface area contributed by atoms with Crippen molar-refractivity contribution >= 4 is 34.7 Å². The molecule has 1 unspecified atom stereocenters. The van der Waals surface area contributed by atoms with Gasteiger partial charge in [-0.1, -0.05) is 0 Å². The Morgan fingerprint density at radius 3 is 3.12 bits per heavy atom. The van der Waals surface area contributed by atoms with Gasteiger partial charge in [0.2, 0.25) is 5.91 Å². The van der Waals surface area contributed by atoms with Crippen LogP contribution < -0.4 is 16.4 Å². The Labute approximate surface area is 104 Å². The molecule has 1 saturated heterocycles. The van der Waals surface area contributed by atoms with Crippen LogP contribution in [-0.4, -0.2) is 23.5 Å². The van der Waals surface area contributed by atoms with Crippen LogP contribution in [0, 0.1) is 0 Å². The zero-order valence-electron chi connectivity index (χ0n) is 9.45. The third-order valence-corrected chi connectivity index (χ3v) is 4.35. The number of nitrogens with two attached hydrogens (primary N) is 1. The predicted molar refractivity (Wildman–Crippen MR) is 72.5 cm³/mol. The van der Waals surface area contributed by atoms with Gasteiger partial charge < -0.3 is 16.4 Å². The second kappa shape index (κ2) is 4.14. The molecule has 2 heterocycles. The molecule has 1 aromatic rings. The zero-order valence-corrected chi connectivity index (χ0v) is 10.3. The summed E-state index contributed by atoms with van der Waals surface area (Å²) in [6, 6.07) is 4.35. The molecule has 5 heteroatoms. The van der Waals surface area contributed by atoms with Gasteiger partial charge in [0, 0.05) is 17.5 Å². The molecule has 0 saturated carbocycles. The Morgan fingerprint density at radius 2 is 2.35 bits per heavy atom. The molecule has 17 heavy (non-hydrogen) atoms. The highest BCUT2D eigenvalue weighted by Crippen LogP contribution is 2.33. The second-order valence-electron chi connectivity index (χ2n) is 4.53. The summed E-state index contributed by atoms with van der Waals surface area (Å²) in [5, 5.41) is 6.31. The minimum Gasteiger partial charge on any atom is -0.397 e. The number of amides is 1. The van der Waals surface area contributed by atoms with Gasteiger partial charge in [0.25, 0.3) is 0 Å². The molecule has 4 N–H and O–H groups in total. The summed E-state index contributed by atoms with van der Waals surface area (Å²) in [4.78, 5) is 11.3. The van der Waals surface area contributed by atoms with Crippen molar-refractivity contribution in [2.24, 2.45) is 0 Å². The molecule has 1 amide bonds. The highest BCUT2D eigenvalue weighted by molar-refractivity contribution is 7.99. The van der Waals surface area contributed by atoms with Gasteiger partial charge in [0.15, 0.2) is 0 Å². The molecule has 2 aliphatic heterocycles. The van der Waals surface area contributed by atoms with E-state index in [1.54, 1.807) is 0 Å². The van der Waals surface area contributed by atoms with Crippen molar-refractivity contribution in [2.45, 2.75) is 18.9 Å². The number of nitrogen functional groups attached to an aromatic ring is 1. The predicted octanol–water partition coefficient (Wildman–Crippen LogP) is 1.68. The van der Waals surface area contributed by atoms with Crippen LogP contribution in [0.2, 0.25) is 0 Å². The SMILES string of the molecule is Nc1cc2c(cc1NC1CCSC1)NC(=O)C2. The van der Waals surface area contributed by atoms with Crippen molar-refractivity contribution in [3.8, 4) is 0 Å². The first-order valence-corrected chi connectivity index (χ1v) is 6.94. The van der Waals surface area contributed by atoms with Gasteiger partial charge >= 0.3 is 0 Å². The average Bonchev–Trinajstić information content (AvgIpc) is 2.87. The molecule has 1 atom stereocenters. The van der Waals surface area contributed by atoms with E-state index in [-0.39, 0.29) is 5.91 Å². The highest BCUT2D eigenvalue weighted by atomic mass is 32.2. The van der Waals surface area contributed by atoms with Crippen LogP contribution in [0.4, 0.5) is 17.1 Å². The van der Waals surface area contributed by atoms with E-state index in [0.717, 1.165) is 28.4 Å². The fraction of sp³-hybridized carbons (Fsp3) is 0.417. The van der Waals surface area contributed by atoms with Crippen molar-refractivity contribution < 1.29 is 4.79 Å². The molecular weight excluding hydrogens is 234 g/mol. The zero-order chi connectivity index (χ0) is 11.8. The molecule has 0 spiro atoms. The van der Waals surface area contributed by atoms with Gasteiger partial charge in [-0.05, 0) is 29.9 Å². The van der Waals surface area contributed by atoms with E-state index >= 15 is 0 Å². The van der Waals surface area contributed by atoms with Crippen LogP contribution in [0.25, 0.3) is 0 Å². The third-order valence-electron chi connectivity index (χ3n) is 3.19. The maximum absolute atomic E-state index is 11.3.